The van der Waals surface area contributed by atoms with Gasteiger partial charge in [0.1, 0.15) is 11.4 Å². The molecule has 1 aromatic heterocycles. The summed E-state index contributed by atoms with van der Waals surface area (Å²) in [7, 11) is 1.55. The summed E-state index contributed by atoms with van der Waals surface area (Å²) >= 11 is 0. The summed E-state index contributed by atoms with van der Waals surface area (Å²) in [5.41, 5.74) is 1.49. The lowest BCUT2D eigenvalue weighted by atomic mass is 9.66. The summed E-state index contributed by atoms with van der Waals surface area (Å²) in [5, 5.41) is 32.4. The van der Waals surface area contributed by atoms with E-state index in [4.69, 9.17) is 4.74 Å². The monoisotopic (exact) mass is 369 g/mol. The van der Waals surface area contributed by atoms with Gasteiger partial charge in [0, 0.05) is 17.8 Å². The van der Waals surface area contributed by atoms with Gasteiger partial charge in [-0.3, -0.25) is 0 Å². The predicted octanol–water partition coefficient (Wildman–Crippen LogP) is 3.57. The summed E-state index contributed by atoms with van der Waals surface area (Å²) < 4.78 is 5.09. The number of rotatable bonds is 4. The highest BCUT2D eigenvalue weighted by Crippen LogP contribution is 2.46. The second kappa shape index (κ2) is 7.33. The number of aliphatic hydroxyl groups excluding tert-OH is 2. The van der Waals surface area contributed by atoms with Crippen LogP contribution in [0.5, 0.6) is 5.88 Å². The standard InChI is InChI=1S/C22H27NO4/c1-13(2)22(26)11-17(16-6-8-20(27-4)23-12-16)10-19(25)21(22)15-5-7-18(24)14(3)9-15/h6,8-12,15,18,21,24-26H,1,5,7H2,2-4H3/t15?,18?,21-,22?/m0/s1. The van der Waals surface area contributed by atoms with Crippen LogP contribution in [0.3, 0.4) is 0 Å². The summed E-state index contributed by atoms with van der Waals surface area (Å²) in [6.45, 7) is 7.62. The predicted molar refractivity (Wildman–Crippen MR) is 105 cm³/mol. The molecule has 0 bridgehead atoms. The zero-order chi connectivity index (χ0) is 19.8. The lowest BCUT2D eigenvalue weighted by Gasteiger charge is -2.42. The van der Waals surface area contributed by atoms with E-state index in [1.807, 2.05) is 19.1 Å². The average molecular weight is 369 g/mol. The van der Waals surface area contributed by atoms with Crippen molar-refractivity contribution in [1.29, 1.82) is 0 Å². The van der Waals surface area contributed by atoms with E-state index in [0.29, 0.717) is 29.9 Å². The number of aromatic nitrogens is 1. The molecule has 0 radical (unpaired) electrons. The van der Waals surface area contributed by atoms with Gasteiger partial charge >= 0.3 is 0 Å². The topological polar surface area (TPSA) is 82.8 Å². The smallest absolute Gasteiger partial charge is 0.212 e. The van der Waals surface area contributed by atoms with Crippen molar-refractivity contribution in [1.82, 2.24) is 4.98 Å². The van der Waals surface area contributed by atoms with Gasteiger partial charge < -0.3 is 20.1 Å². The van der Waals surface area contributed by atoms with Gasteiger partial charge in [-0.05, 0) is 67.5 Å². The molecule has 0 aliphatic heterocycles. The van der Waals surface area contributed by atoms with Gasteiger partial charge in [0.2, 0.25) is 5.88 Å². The zero-order valence-electron chi connectivity index (χ0n) is 16.0. The first-order valence-corrected chi connectivity index (χ1v) is 9.15. The Balaban J connectivity index is 2.02. The van der Waals surface area contributed by atoms with Crippen LogP contribution in [0.2, 0.25) is 0 Å². The third-order valence-corrected chi connectivity index (χ3v) is 5.64. The van der Waals surface area contributed by atoms with Crippen LogP contribution >= 0.6 is 0 Å². The van der Waals surface area contributed by atoms with Gasteiger partial charge in [-0.1, -0.05) is 12.7 Å². The fourth-order valence-corrected chi connectivity index (χ4v) is 3.99. The molecule has 2 aliphatic rings. The molecule has 1 aromatic rings. The second-order valence-corrected chi connectivity index (χ2v) is 7.51. The molecule has 3 unspecified atom stereocenters. The Labute approximate surface area is 160 Å². The van der Waals surface area contributed by atoms with E-state index in [2.05, 4.69) is 11.6 Å². The van der Waals surface area contributed by atoms with Gasteiger partial charge in [-0.2, -0.15) is 0 Å². The van der Waals surface area contributed by atoms with Crippen LogP contribution in [0.25, 0.3) is 5.57 Å². The van der Waals surface area contributed by atoms with Crippen LogP contribution < -0.4 is 4.74 Å². The van der Waals surface area contributed by atoms with E-state index in [9.17, 15) is 15.3 Å². The SMILES string of the molecule is C=C(C)C1(O)C=C(c2ccc(OC)nc2)C=C(O)[C@@H]1C1C=C(C)C(O)CC1. The molecule has 0 spiro atoms. The molecule has 5 heteroatoms. The molecule has 0 saturated carbocycles. The summed E-state index contributed by atoms with van der Waals surface area (Å²) in [5.74, 6) is -0.0115. The van der Waals surface area contributed by atoms with Crippen molar-refractivity contribution in [3.63, 3.8) is 0 Å². The van der Waals surface area contributed by atoms with Crippen molar-refractivity contribution in [2.75, 3.05) is 7.11 Å². The van der Waals surface area contributed by atoms with E-state index in [-0.39, 0.29) is 11.7 Å². The molecule has 27 heavy (non-hydrogen) atoms. The highest BCUT2D eigenvalue weighted by Gasteiger charge is 2.45. The molecule has 0 aromatic carbocycles. The van der Waals surface area contributed by atoms with Crippen molar-refractivity contribution in [3.05, 3.63) is 65.6 Å². The first-order valence-electron chi connectivity index (χ1n) is 9.15. The molecular weight excluding hydrogens is 342 g/mol. The third kappa shape index (κ3) is 3.57. The normalized spacial score (nSPS) is 30.9. The van der Waals surface area contributed by atoms with Crippen LogP contribution in [-0.2, 0) is 0 Å². The Morgan fingerprint density at radius 1 is 1.33 bits per heavy atom. The molecule has 0 fully saturated rings. The first-order chi connectivity index (χ1) is 12.8. The lowest BCUT2D eigenvalue weighted by molar-refractivity contribution is 0.0303. The summed E-state index contributed by atoms with van der Waals surface area (Å²) in [6.07, 6.45) is 7.88. The van der Waals surface area contributed by atoms with Gasteiger partial charge in [-0.15, -0.1) is 0 Å². The number of pyridine rings is 1. The van der Waals surface area contributed by atoms with Gasteiger partial charge in [0.15, 0.2) is 0 Å². The van der Waals surface area contributed by atoms with Crippen LogP contribution in [-0.4, -0.2) is 39.1 Å². The van der Waals surface area contributed by atoms with Crippen molar-refractivity contribution in [3.8, 4) is 5.88 Å². The number of methoxy groups -OCH3 is 1. The van der Waals surface area contributed by atoms with E-state index < -0.39 is 17.6 Å². The summed E-state index contributed by atoms with van der Waals surface area (Å²) in [4.78, 5) is 4.20. The molecule has 3 rings (SSSR count). The van der Waals surface area contributed by atoms with Crippen LogP contribution in [0, 0.1) is 11.8 Å². The average Bonchev–Trinajstić information content (AvgIpc) is 2.64. The number of hydrogen-bond donors (Lipinski definition) is 3. The highest BCUT2D eigenvalue weighted by atomic mass is 16.5. The maximum atomic E-state index is 11.5. The van der Waals surface area contributed by atoms with Gasteiger partial charge in [0.25, 0.3) is 0 Å². The molecule has 144 valence electrons. The number of hydrogen-bond acceptors (Lipinski definition) is 5. The molecule has 0 amide bonds. The maximum absolute atomic E-state index is 11.5. The fourth-order valence-electron chi connectivity index (χ4n) is 3.99. The quantitative estimate of drug-likeness (QED) is 0.707. The molecular formula is C22H27NO4. The largest absolute Gasteiger partial charge is 0.512 e. The molecule has 0 saturated heterocycles. The Morgan fingerprint density at radius 3 is 2.63 bits per heavy atom. The van der Waals surface area contributed by atoms with Crippen LogP contribution in [0.4, 0.5) is 0 Å². The molecule has 5 nitrogen and oxygen atoms in total. The van der Waals surface area contributed by atoms with Gasteiger partial charge in [0.05, 0.1) is 19.1 Å². The van der Waals surface area contributed by atoms with Crippen LogP contribution in [0.1, 0.15) is 32.3 Å². The Bertz CT molecular complexity index is 821. The second-order valence-electron chi connectivity index (χ2n) is 7.51. The van der Waals surface area contributed by atoms with E-state index in [1.54, 1.807) is 38.4 Å². The van der Waals surface area contributed by atoms with Crippen molar-refractivity contribution >= 4 is 5.57 Å². The zero-order valence-corrected chi connectivity index (χ0v) is 16.0. The molecule has 2 aliphatic carbocycles. The first kappa shape index (κ1) is 19.4. The van der Waals surface area contributed by atoms with Crippen molar-refractivity contribution in [2.24, 2.45) is 11.8 Å². The Kier molecular flexibility index (Phi) is 5.27. The van der Waals surface area contributed by atoms with Gasteiger partial charge in [-0.25, -0.2) is 4.98 Å². The van der Waals surface area contributed by atoms with Crippen LogP contribution in [0.15, 0.2) is 60.0 Å². The van der Waals surface area contributed by atoms with Crippen molar-refractivity contribution < 1.29 is 20.1 Å². The minimum Gasteiger partial charge on any atom is -0.512 e. The number of aliphatic hydroxyl groups is 3. The number of allylic oxidation sites excluding steroid dienone is 3. The summed E-state index contributed by atoms with van der Waals surface area (Å²) in [6, 6.07) is 3.57. The van der Waals surface area contributed by atoms with E-state index in [1.165, 1.54) is 0 Å². The number of nitrogens with zero attached hydrogens (tertiary/aromatic N) is 1. The fraction of sp³-hybridized carbons (Fsp3) is 0.409. The minimum absolute atomic E-state index is 0.0851. The molecule has 1 heterocycles. The number of ether oxygens (including phenoxy) is 1. The minimum atomic E-state index is -1.39. The van der Waals surface area contributed by atoms with E-state index >= 15 is 0 Å². The third-order valence-electron chi connectivity index (χ3n) is 5.64. The lowest BCUT2D eigenvalue weighted by Crippen LogP contribution is -2.44. The highest BCUT2D eigenvalue weighted by molar-refractivity contribution is 5.77. The Morgan fingerprint density at radius 2 is 2.07 bits per heavy atom. The van der Waals surface area contributed by atoms with Crippen molar-refractivity contribution in [2.45, 2.75) is 38.4 Å². The Hall–Kier alpha value is -2.37. The van der Waals surface area contributed by atoms with E-state index in [0.717, 1.165) is 11.1 Å². The molecule has 4 atom stereocenters. The maximum Gasteiger partial charge on any atom is 0.212 e. The molecule has 3 N–H and O–H groups in total.